The zero-order chi connectivity index (χ0) is 13.1. The number of amides is 1. The molecule has 0 radical (unpaired) electrons. The zero-order valence-corrected chi connectivity index (χ0v) is 10.6. The van der Waals surface area contributed by atoms with Crippen LogP contribution in [0.15, 0.2) is 30.3 Å². The molecule has 4 nitrogen and oxygen atoms in total. The summed E-state index contributed by atoms with van der Waals surface area (Å²) in [7, 11) is 0. The highest BCUT2D eigenvalue weighted by molar-refractivity contribution is 5.80. The topological polar surface area (TPSA) is 46.6 Å². The normalized spacial score (nSPS) is 20.9. The van der Waals surface area contributed by atoms with Crippen LogP contribution in [0.1, 0.15) is 31.9 Å². The van der Waals surface area contributed by atoms with Crippen LogP contribution in [0, 0.1) is 0 Å². The molecule has 2 atom stereocenters. The van der Waals surface area contributed by atoms with E-state index < -0.39 is 0 Å². The molecule has 18 heavy (non-hydrogen) atoms. The Morgan fingerprint density at radius 3 is 2.67 bits per heavy atom. The van der Waals surface area contributed by atoms with Crippen LogP contribution < -0.4 is 0 Å². The van der Waals surface area contributed by atoms with E-state index in [0.29, 0.717) is 6.54 Å². The van der Waals surface area contributed by atoms with Crippen molar-refractivity contribution in [3.8, 4) is 0 Å². The smallest absolute Gasteiger partial charge is 0.302 e. The van der Waals surface area contributed by atoms with Crippen LogP contribution in [0.3, 0.4) is 0 Å². The van der Waals surface area contributed by atoms with Crippen molar-refractivity contribution in [2.45, 2.75) is 32.4 Å². The average molecular weight is 247 g/mol. The molecule has 0 aliphatic carbocycles. The minimum Gasteiger partial charge on any atom is -0.460 e. The van der Waals surface area contributed by atoms with E-state index in [2.05, 4.69) is 0 Å². The number of hydrogen-bond donors (Lipinski definition) is 0. The lowest BCUT2D eigenvalue weighted by atomic mass is 10.1. The Hall–Kier alpha value is -1.84. The van der Waals surface area contributed by atoms with Crippen molar-refractivity contribution in [2.24, 2.45) is 0 Å². The highest BCUT2D eigenvalue weighted by Gasteiger charge is 2.34. The van der Waals surface area contributed by atoms with E-state index in [1.54, 1.807) is 4.90 Å². The first-order valence-electron chi connectivity index (χ1n) is 6.09. The molecule has 1 saturated heterocycles. The molecule has 2 rings (SSSR count). The van der Waals surface area contributed by atoms with Crippen molar-refractivity contribution in [2.75, 3.05) is 6.54 Å². The summed E-state index contributed by atoms with van der Waals surface area (Å²) in [5.41, 5.74) is 1.09. The molecule has 4 heteroatoms. The molecule has 1 fully saturated rings. The number of nitrogens with zero attached hydrogens (tertiary/aromatic N) is 1. The largest absolute Gasteiger partial charge is 0.460 e. The Bertz CT molecular complexity index is 444. The summed E-state index contributed by atoms with van der Waals surface area (Å²) in [5.74, 6) is -0.292. The van der Waals surface area contributed by atoms with Gasteiger partial charge in [-0.05, 0) is 12.5 Å². The molecule has 0 N–H and O–H groups in total. The van der Waals surface area contributed by atoms with Gasteiger partial charge in [0.2, 0.25) is 5.91 Å². The second kappa shape index (κ2) is 5.21. The van der Waals surface area contributed by atoms with Crippen LogP contribution >= 0.6 is 0 Å². The summed E-state index contributed by atoms with van der Waals surface area (Å²) in [6.45, 7) is 3.84. The van der Waals surface area contributed by atoms with Gasteiger partial charge in [-0.25, -0.2) is 0 Å². The van der Waals surface area contributed by atoms with Gasteiger partial charge in [-0.2, -0.15) is 0 Å². The van der Waals surface area contributed by atoms with Crippen molar-refractivity contribution in [3.05, 3.63) is 35.9 Å². The maximum absolute atomic E-state index is 11.9. The molecular weight excluding hydrogens is 230 g/mol. The maximum Gasteiger partial charge on any atom is 0.302 e. The molecule has 96 valence electrons. The Morgan fingerprint density at radius 2 is 2.06 bits per heavy atom. The number of rotatable bonds is 3. The quantitative estimate of drug-likeness (QED) is 0.766. The fourth-order valence-electron chi connectivity index (χ4n) is 2.30. The third-order valence-electron chi connectivity index (χ3n) is 3.21. The van der Waals surface area contributed by atoms with E-state index in [1.807, 2.05) is 37.3 Å². The van der Waals surface area contributed by atoms with Gasteiger partial charge in [0.1, 0.15) is 6.10 Å². The van der Waals surface area contributed by atoms with Crippen molar-refractivity contribution >= 4 is 11.9 Å². The molecule has 0 bridgehead atoms. The van der Waals surface area contributed by atoms with Gasteiger partial charge < -0.3 is 9.64 Å². The number of hydrogen-bond acceptors (Lipinski definition) is 3. The summed E-state index contributed by atoms with van der Waals surface area (Å²) in [6.07, 6.45) is -0.0160. The van der Waals surface area contributed by atoms with E-state index in [1.165, 1.54) is 6.92 Å². The SMILES string of the molecule is CC(=O)O[C@H]1CC(=O)N([C@@H](C)c2ccccc2)C1. The number of benzene rings is 1. The Labute approximate surface area is 107 Å². The van der Waals surface area contributed by atoms with E-state index in [9.17, 15) is 9.59 Å². The molecule has 1 aromatic carbocycles. The monoisotopic (exact) mass is 247 g/mol. The van der Waals surface area contributed by atoms with E-state index in [4.69, 9.17) is 4.74 Å². The highest BCUT2D eigenvalue weighted by Crippen LogP contribution is 2.26. The minimum absolute atomic E-state index is 0.0132. The lowest BCUT2D eigenvalue weighted by molar-refractivity contribution is -0.145. The molecular formula is C14H17NO3. The summed E-state index contributed by atoms with van der Waals surface area (Å²) in [4.78, 5) is 24.6. The van der Waals surface area contributed by atoms with E-state index in [0.717, 1.165) is 5.56 Å². The lowest BCUT2D eigenvalue weighted by Crippen LogP contribution is -2.29. The average Bonchev–Trinajstić information content (AvgIpc) is 2.69. The molecule has 1 amide bonds. The predicted molar refractivity (Wildman–Crippen MR) is 66.7 cm³/mol. The van der Waals surface area contributed by atoms with Gasteiger partial charge in [0.05, 0.1) is 19.0 Å². The fraction of sp³-hybridized carbons (Fsp3) is 0.429. The molecule has 1 heterocycles. The number of carbonyl (C=O) groups excluding carboxylic acids is 2. The predicted octanol–water partition coefficient (Wildman–Crippen LogP) is 1.91. The van der Waals surface area contributed by atoms with Crippen LogP contribution in [0.4, 0.5) is 0 Å². The van der Waals surface area contributed by atoms with Gasteiger partial charge in [0.25, 0.3) is 0 Å². The van der Waals surface area contributed by atoms with Gasteiger partial charge in [0.15, 0.2) is 0 Å². The van der Waals surface area contributed by atoms with Crippen LogP contribution in [-0.4, -0.2) is 29.4 Å². The molecule has 1 aromatic rings. The van der Waals surface area contributed by atoms with Crippen molar-refractivity contribution < 1.29 is 14.3 Å². The van der Waals surface area contributed by atoms with Gasteiger partial charge in [0, 0.05) is 6.92 Å². The second-order valence-electron chi connectivity index (χ2n) is 4.57. The molecule has 0 unspecified atom stereocenters. The summed E-state index contributed by atoms with van der Waals surface area (Å²) in [6, 6.07) is 9.86. The minimum atomic E-state index is -0.331. The van der Waals surface area contributed by atoms with Gasteiger partial charge >= 0.3 is 5.97 Å². The van der Waals surface area contributed by atoms with E-state index in [-0.39, 0.29) is 30.4 Å². The molecule has 0 spiro atoms. The number of esters is 1. The van der Waals surface area contributed by atoms with Crippen LogP contribution in [-0.2, 0) is 14.3 Å². The molecule has 0 saturated carbocycles. The number of ether oxygens (including phenoxy) is 1. The number of likely N-dealkylation sites (tertiary alicyclic amines) is 1. The maximum atomic E-state index is 11.9. The highest BCUT2D eigenvalue weighted by atomic mass is 16.5. The van der Waals surface area contributed by atoms with Crippen molar-refractivity contribution in [1.29, 1.82) is 0 Å². The van der Waals surface area contributed by atoms with Gasteiger partial charge in [-0.15, -0.1) is 0 Å². The summed E-state index contributed by atoms with van der Waals surface area (Å²) < 4.78 is 5.10. The first kappa shape index (κ1) is 12.6. The molecule has 1 aliphatic heterocycles. The Balaban J connectivity index is 2.06. The van der Waals surface area contributed by atoms with Crippen LogP contribution in [0.25, 0.3) is 0 Å². The first-order valence-corrected chi connectivity index (χ1v) is 6.09. The summed E-state index contributed by atoms with van der Waals surface area (Å²) >= 11 is 0. The van der Waals surface area contributed by atoms with Gasteiger partial charge in [-0.1, -0.05) is 30.3 Å². The van der Waals surface area contributed by atoms with Crippen molar-refractivity contribution in [3.63, 3.8) is 0 Å². The summed E-state index contributed by atoms with van der Waals surface area (Å²) in [5, 5.41) is 0. The number of carbonyl (C=O) groups is 2. The van der Waals surface area contributed by atoms with Crippen molar-refractivity contribution in [1.82, 2.24) is 4.90 Å². The van der Waals surface area contributed by atoms with Crippen LogP contribution in [0.5, 0.6) is 0 Å². The Morgan fingerprint density at radius 1 is 1.39 bits per heavy atom. The standard InChI is InChI=1S/C14H17NO3/c1-10(12-6-4-3-5-7-12)15-9-13(8-14(15)17)18-11(2)16/h3-7,10,13H,8-9H2,1-2H3/t10-,13-/m0/s1. The van der Waals surface area contributed by atoms with Crippen LogP contribution in [0.2, 0.25) is 0 Å². The first-order chi connectivity index (χ1) is 8.58. The Kier molecular flexibility index (Phi) is 3.65. The third-order valence-corrected chi connectivity index (χ3v) is 3.21. The molecule has 0 aromatic heterocycles. The zero-order valence-electron chi connectivity index (χ0n) is 10.6. The third kappa shape index (κ3) is 2.70. The van der Waals surface area contributed by atoms with Gasteiger partial charge in [-0.3, -0.25) is 9.59 Å². The van der Waals surface area contributed by atoms with E-state index >= 15 is 0 Å². The fourth-order valence-corrected chi connectivity index (χ4v) is 2.30. The molecule has 1 aliphatic rings. The second-order valence-corrected chi connectivity index (χ2v) is 4.57. The lowest BCUT2D eigenvalue weighted by Gasteiger charge is -2.24.